The molecule has 114 valence electrons. The molecule has 1 unspecified atom stereocenters. The van der Waals surface area contributed by atoms with Crippen LogP contribution in [-0.2, 0) is 11.2 Å². The van der Waals surface area contributed by atoms with Gasteiger partial charge in [0.15, 0.2) is 0 Å². The molecule has 6 heteroatoms. The summed E-state index contributed by atoms with van der Waals surface area (Å²) in [6.07, 6.45) is 2.67. The number of urea groups is 1. The lowest BCUT2D eigenvalue weighted by Crippen LogP contribution is -2.45. The number of nitrogens with zero attached hydrogens (tertiary/aromatic N) is 2. The van der Waals surface area contributed by atoms with Crippen molar-refractivity contribution in [2.75, 3.05) is 20.1 Å². The Kier molecular flexibility index (Phi) is 5.07. The molecule has 0 radical (unpaired) electrons. The van der Waals surface area contributed by atoms with Crippen molar-refractivity contribution in [1.29, 1.82) is 0 Å². The van der Waals surface area contributed by atoms with Gasteiger partial charge in [0.2, 0.25) is 5.91 Å². The molecular weight excluding hydrogens is 290 g/mol. The number of nitrogens with two attached hydrogens (primary N) is 1. The number of halogens is 1. The van der Waals surface area contributed by atoms with Gasteiger partial charge in [-0.25, -0.2) is 4.79 Å². The fourth-order valence-corrected chi connectivity index (χ4v) is 2.88. The fourth-order valence-electron chi connectivity index (χ4n) is 2.67. The maximum atomic E-state index is 12.3. The normalized spacial score (nSPS) is 17.8. The number of benzene rings is 1. The van der Waals surface area contributed by atoms with E-state index in [1.54, 1.807) is 0 Å². The van der Waals surface area contributed by atoms with E-state index in [4.69, 9.17) is 17.3 Å². The van der Waals surface area contributed by atoms with Gasteiger partial charge in [-0.15, -0.1) is 0 Å². The van der Waals surface area contributed by atoms with Gasteiger partial charge in [0.05, 0.1) is 0 Å². The monoisotopic (exact) mass is 309 g/mol. The minimum Gasteiger partial charge on any atom is -0.351 e. The van der Waals surface area contributed by atoms with Crippen molar-refractivity contribution in [3.05, 3.63) is 34.9 Å². The van der Waals surface area contributed by atoms with Gasteiger partial charge in [-0.1, -0.05) is 29.8 Å². The molecule has 21 heavy (non-hydrogen) atoms. The summed E-state index contributed by atoms with van der Waals surface area (Å²) in [6.45, 7) is 0.745. The molecular formula is C15H20ClN3O2. The third-order valence-corrected chi connectivity index (χ3v) is 4.23. The van der Waals surface area contributed by atoms with E-state index in [9.17, 15) is 9.59 Å². The largest absolute Gasteiger partial charge is 0.351 e. The van der Waals surface area contributed by atoms with Gasteiger partial charge in [0.1, 0.15) is 6.54 Å². The molecule has 1 saturated heterocycles. The maximum Gasteiger partial charge on any atom is 0.314 e. The highest BCUT2D eigenvalue weighted by Gasteiger charge is 2.29. The van der Waals surface area contributed by atoms with Crippen LogP contribution in [0.1, 0.15) is 18.4 Å². The van der Waals surface area contributed by atoms with E-state index in [1.807, 2.05) is 29.2 Å². The quantitative estimate of drug-likeness (QED) is 0.923. The van der Waals surface area contributed by atoms with Gasteiger partial charge in [-0.05, 0) is 30.9 Å². The topological polar surface area (TPSA) is 66.6 Å². The third-order valence-electron chi connectivity index (χ3n) is 3.86. The Labute approximate surface area is 129 Å². The molecule has 2 rings (SSSR count). The molecule has 3 amide bonds. The Morgan fingerprint density at radius 2 is 2.14 bits per heavy atom. The van der Waals surface area contributed by atoms with Crippen molar-refractivity contribution in [3.8, 4) is 0 Å². The van der Waals surface area contributed by atoms with Gasteiger partial charge in [0.25, 0.3) is 0 Å². The van der Waals surface area contributed by atoms with Gasteiger partial charge >= 0.3 is 6.03 Å². The molecule has 1 fully saturated rings. The molecule has 0 bridgehead atoms. The predicted molar refractivity (Wildman–Crippen MR) is 82.1 cm³/mol. The first-order valence-corrected chi connectivity index (χ1v) is 7.40. The zero-order valence-corrected chi connectivity index (χ0v) is 12.8. The summed E-state index contributed by atoms with van der Waals surface area (Å²) >= 11 is 6.18. The summed E-state index contributed by atoms with van der Waals surface area (Å²) in [5, 5.41) is 0.728. The van der Waals surface area contributed by atoms with E-state index in [0.717, 1.165) is 36.4 Å². The number of rotatable bonds is 4. The smallest absolute Gasteiger partial charge is 0.314 e. The molecule has 1 atom stereocenters. The molecule has 5 nitrogen and oxygen atoms in total. The van der Waals surface area contributed by atoms with E-state index in [-0.39, 0.29) is 18.5 Å². The average Bonchev–Trinajstić information content (AvgIpc) is 2.89. The van der Waals surface area contributed by atoms with Gasteiger partial charge in [-0.2, -0.15) is 0 Å². The van der Waals surface area contributed by atoms with Crippen LogP contribution in [-0.4, -0.2) is 47.9 Å². The number of amides is 3. The van der Waals surface area contributed by atoms with Gasteiger partial charge < -0.3 is 15.5 Å². The minimum absolute atomic E-state index is 0.0222. The summed E-state index contributed by atoms with van der Waals surface area (Å²) in [5.74, 6) is -0.0640. The number of carbonyl (C=O) groups is 2. The number of carbonyl (C=O) groups excluding carboxylic acids is 2. The minimum atomic E-state index is -0.592. The van der Waals surface area contributed by atoms with Gasteiger partial charge in [0, 0.05) is 24.7 Å². The Hall–Kier alpha value is -1.75. The Bertz CT molecular complexity index is 535. The van der Waals surface area contributed by atoms with Crippen molar-refractivity contribution in [2.24, 2.45) is 5.73 Å². The zero-order valence-electron chi connectivity index (χ0n) is 12.1. The lowest BCUT2D eigenvalue weighted by atomic mass is 10.0. The highest BCUT2D eigenvalue weighted by atomic mass is 35.5. The Morgan fingerprint density at radius 1 is 1.43 bits per heavy atom. The Morgan fingerprint density at radius 3 is 2.81 bits per heavy atom. The number of hydrogen-bond acceptors (Lipinski definition) is 2. The van der Waals surface area contributed by atoms with E-state index in [1.165, 1.54) is 11.9 Å². The van der Waals surface area contributed by atoms with E-state index >= 15 is 0 Å². The van der Waals surface area contributed by atoms with Crippen molar-refractivity contribution in [1.82, 2.24) is 9.80 Å². The summed E-state index contributed by atoms with van der Waals surface area (Å²) in [4.78, 5) is 26.4. The molecule has 1 aromatic carbocycles. The van der Waals surface area contributed by atoms with Crippen LogP contribution >= 0.6 is 11.6 Å². The molecule has 0 aromatic heterocycles. The van der Waals surface area contributed by atoms with Crippen LogP contribution < -0.4 is 5.73 Å². The van der Waals surface area contributed by atoms with Crippen molar-refractivity contribution in [3.63, 3.8) is 0 Å². The second-order valence-electron chi connectivity index (χ2n) is 5.37. The number of primary amides is 1. The van der Waals surface area contributed by atoms with E-state index in [0.29, 0.717) is 0 Å². The van der Waals surface area contributed by atoms with Crippen LogP contribution in [0.5, 0.6) is 0 Å². The van der Waals surface area contributed by atoms with Crippen LogP contribution in [0.3, 0.4) is 0 Å². The number of likely N-dealkylation sites (tertiary alicyclic amines) is 1. The summed E-state index contributed by atoms with van der Waals surface area (Å²) < 4.78 is 0. The second-order valence-corrected chi connectivity index (χ2v) is 5.78. The van der Waals surface area contributed by atoms with Crippen LogP contribution in [0.25, 0.3) is 0 Å². The van der Waals surface area contributed by atoms with Crippen molar-refractivity contribution in [2.45, 2.75) is 25.3 Å². The molecule has 1 heterocycles. The standard InChI is InChI=1S/C15H20ClN3O2/c1-18(15(17)21)10-14(20)19-8-4-6-12(19)9-11-5-2-3-7-13(11)16/h2-3,5,7,12H,4,6,8-10H2,1H3,(H2,17,21). The molecule has 1 aliphatic heterocycles. The van der Waals surface area contributed by atoms with Gasteiger partial charge in [-0.3, -0.25) is 4.79 Å². The Balaban J connectivity index is 2.02. The predicted octanol–water partition coefficient (Wildman–Crippen LogP) is 1.88. The third kappa shape index (κ3) is 3.88. The number of hydrogen-bond donors (Lipinski definition) is 1. The summed E-state index contributed by atoms with van der Waals surface area (Å²) in [6, 6.07) is 7.23. The fraction of sp³-hybridized carbons (Fsp3) is 0.467. The van der Waals surface area contributed by atoms with Crippen molar-refractivity contribution < 1.29 is 9.59 Å². The summed E-state index contributed by atoms with van der Waals surface area (Å²) in [5.41, 5.74) is 6.21. The van der Waals surface area contributed by atoms with E-state index < -0.39 is 6.03 Å². The highest BCUT2D eigenvalue weighted by molar-refractivity contribution is 6.31. The molecule has 0 aliphatic carbocycles. The zero-order chi connectivity index (χ0) is 15.4. The molecule has 0 saturated carbocycles. The first-order valence-electron chi connectivity index (χ1n) is 7.02. The lowest BCUT2D eigenvalue weighted by Gasteiger charge is -2.27. The van der Waals surface area contributed by atoms with Crippen LogP contribution in [0.2, 0.25) is 5.02 Å². The lowest BCUT2D eigenvalue weighted by molar-refractivity contribution is -0.132. The molecule has 1 aromatic rings. The molecule has 0 spiro atoms. The number of likely N-dealkylation sites (N-methyl/N-ethyl adjacent to an activating group) is 1. The maximum absolute atomic E-state index is 12.3. The van der Waals surface area contributed by atoms with Crippen LogP contribution in [0.4, 0.5) is 4.79 Å². The first kappa shape index (κ1) is 15.6. The highest BCUT2D eigenvalue weighted by Crippen LogP contribution is 2.24. The summed E-state index contributed by atoms with van der Waals surface area (Å²) in [7, 11) is 1.53. The average molecular weight is 310 g/mol. The van der Waals surface area contributed by atoms with Crippen LogP contribution in [0, 0.1) is 0 Å². The SMILES string of the molecule is CN(CC(=O)N1CCCC1Cc1ccccc1Cl)C(N)=O. The van der Waals surface area contributed by atoms with Crippen LogP contribution in [0.15, 0.2) is 24.3 Å². The first-order chi connectivity index (χ1) is 9.99. The van der Waals surface area contributed by atoms with E-state index in [2.05, 4.69) is 0 Å². The molecule has 1 aliphatic rings. The second kappa shape index (κ2) is 6.80. The van der Waals surface area contributed by atoms with Crippen molar-refractivity contribution >= 4 is 23.5 Å². The molecule has 2 N–H and O–H groups in total.